The summed E-state index contributed by atoms with van der Waals surface area (Å²) in [6.45, 7) is 0. The maximum Gasteiger partial charge on any atom is 0.204 e. The average molecular weight is 298 g/mol. The second-order valence-electron chi connectivity index (χ2n) is 5.26. The van der Waals surface area contributed by atoms with Crippen molar-refractivity contribution in [3.05, 3.63) is 78.9 Å². The van der Waals surface area contributed by atoms with E-state index in [9.17, 15) is 0 Å². The monoisotopic (exact) mass is 298 g/mol. The molecule has 23 heavy (non-hydrogen) atoms. The zero-order valence-electron chi connectivity index (χ0n) is 12.3. The van der Waals surface area contributed by atoms with E-state index >= 15 is 0 Å². The van der Waals surface area contributed by atoms with Crippen molar-refractivity contribution in [3.63, 3.8) is 0 Å². The van der Waals surface area contributed by atoms with Crippen LogP contribution < -0.4 is 0 Å². The van der Waals surface area contributed by atoms with E-state index in [2.05, 4.69) is 81.3 Å². The molecule has 0 aliphatic rings. The van der Waals surface area contributed by atoms with Gasteiger partial charge in [0.1, 0.15) is 0 Å². The summed E-state index contributed by atoms with van der Waals surface area (Å²) < 4.78 is 0. The normalized spacial score (nSPS) is 10.6. The van der Waals surface area contributed by atoms with Crippen molar-refractivity contribution < 1.29 is 0 Å². The maximum atomic E-state index is 3.99. The third-order valence-corrected chi connectivity index (χ3v) is 3.81. The maximum absolute atomic E-state index is 3.99. The number of benzene rings is 3. The molecule has 110 valence electrons. The SMILES string of the molecule is c1ccc(-c2ccc(-c3ccc(-c4nn[nH]n4)cc3)cc2)cc1. The van der Waals surface area contributed by atoms with Crippen LogP contribution in [-0.4, -0.2) is 20.6 Å². The molecule has 0 amide bonds. The Labute approximate surface area is 133 Å². The van der Waals surface area contributed by atoms with Crippen molar-refractivity contribution >= 4 is 0 Å². The van der Waals surface area contributed by atoms with Crippen LogP contribution in [0.5, 0.6) is 0 Å². The highest BCUT2D eigenvalue weighted by Crippen LogP contribution is 2.26. The second kappa shape index (κ2) is 5.85. The molecule has 0 fully saturated rings. The van der Waals surface area contributed by atoms with Crippen LogP contribution in [0.3, 0.4) is 0 Å². The fraction of sp³-hybridized carbons (Fsp3) is 0. The number of hydrogen-bond acceptors (Lipinski definition) is 3. The summed E-state index contributed by atoms with van der Waals surface area (Å²) in [6.07, 6.45) is 0. The van der Waals surface area contributed by atoms with Gasteiger partial charge in [0.15, 0.2) is 0 Å². The first-order valence-corrected chi connectivity index (χ1v) is 7.40. The Hall–Kier alpha value is -3.27. The molecule has 1 aromatic heterocycles. The number of rotatable bonds is 3. The predicted molar refractivity (Wildman–Crippen MR) is 90.5 cm³/mol. The van der Waals surface area contributed by atoms with Crippen LogP contribution in [0.1, 0.15) is 0 Å². The molecule has 0 bridgehead atoms. The molecule has 0 saturated heterocycles. The van der Waals surface area contributed by atoms with Gasteiger partial charge in [-0.05, 0) is 27.5 Å². The zero-order chi connectivity index (χ0) is 15.5. The summed E-state index contributed by atoms with van der Waals surface area (Å²) in [5.74, 6) is 0.607. The van der Waals surface area contributed by atoms with Gasteiger partial charge < -0.3 is 0 Å². The summed E-state index contributed by atoms with van der Waals surface area (Å²) in [5, 5.41) is 14.0. The minimum atomic E-state index is 0.607. The van der Waals surface area contributed by atoms with E-state index in [1.54, 1.807) is 0 Å². The number of aromatic amines is 1. The summed E-state index contributed by atoms with van der Waals surface area (Å²) in [7, 11) is 0. The molecule has 4 nitrogen and oxygen atoms in total. The van der Waals surface area contributed by atoms with Gasteiger partial charge in [-0.15, -0.1) is 10.2 Å². The number of H-pyrrole nitrogens is 1. The summed E-state index contributed by atoms with van der Waals surface area (Å²) >= 11 is 0. The Bertz CT molecular complexity index is 881. The fourth-order valence-corrected chi connectivity index (χ4v) is 2.58. The van der Waals surface area contributed by atoms with E-state index in [4.69, 9.17) is 0 Å². The first-order valence-electron chi connectivity index (χ1n) is 7.40. The first-order chi connectivity index (χ1) is 11.4. The highest BCUT2D eigenvalue weighted by atomic mass is 15.5. The number of nitrogens with one attached hydrogen (secondary N) is 1. The summed E-state index contributed by atoms with van der Waals surface area (Å²) in [5.41, 5.74) is 5.74. The molecule has 4 rings (SSSR count). The summed E-state index contributed by atoms with van der Waals surface area (Å²) in [4.78, 5) is 0. The second-order valence-corrected chi connectivity index (χ2v) is 5.26. The van der Waals surface area contributed by atoms with Crippen LogP contribution in [0.25, 0.3) is 33.6 Å². The van der Waals surface area contributed by atoms with Gasteiger partial charge in [0, 0.05) is 5.56 Å². The highest BCUT2D eigenvalue weighted by Gasteiger charge is 2.04. The highest BCUT2D eigenvalue weighted by molar-refractivity contribution is 5.71. The molecular formula is C19H14N4. The van der Waals surface area contributed by atoms with Crippen molar-refractivity contribution in [1.82, 2.24) is 20.6 Å². The lowest BCUT2D eigenvalue weighted by Crippen LogP contribution is -1.83. The van der Waals surface area contributed by atoms with E-state index < -0.39 is 0 Å². The Kier molecular flexibility index (Phi) is 3.41. The van der Waals surface area contributed by atoms with Crippen LogP contribution in [-0.2, 0) is 0 Å². The Balaban J connectivity index is 1.61. The standard InChI is InChI=1S/C19H14N4/c1-2-4-14(5-3-1)15-6-8-16(9-7-15)17-10-12-18(13-11-17)19-20-22-23-21-19/h1-13H,(H,20,21,22,23). The van der Waals surface area contributed by atoms with Gasteiger partial charge in [0.05, 0.1) is 0 Å². The number of nitrogens with zero attached hydrogens (tertiary/aromatic N) is 3. The van der Waals surface area contributed by atoms with Crippen LogP contribution in [0.4, 0.5) is 0 Å². The molecule has 1 N–H and O–H groups in total. The molecule has 4 aromatic rings. The zero-order valence-corrected chi connectivity index (χ0v) is 12.3. The molecular weight excluding hydrogens is 284 g/mol. The van der Waals surface area contributed by atoms with Crippen molar-refractivity contribution in [2.75, 3.05) is 0 Å². The Morgan fingerprint density at radius 2 is 1.00 bits per heavy atom. The lowest BCUT2D eigenvalue weighted by atomic mass is 9.99. The topological polar surface area (TPSA) is 54.5 Å². The Morgan fingerprint density at radius 1 is 0.522 bits per heavy atom. The van der Waals surface area contributed by atoms with Gasteiger partial charge in [0.2, 0.25) is 5.82 Å². The van der Waals surface area contributed by atoms with Gasteiger partial charge in [-0.1, -0.05) is 78.9 Å². The molecule has 0 aliphatic heterocycles. The lowest BCUT2D eigenvalue weighted by Gasteiger charge is -2.05. The molecule has 4 heteroatoms. The van der Waals surface area contributed by atoms with Crippen LogP contribution >= 0.6 is 0 Å². The van der Waals surface area contributed by atoms with Crippen LogP contribution in [0.15, 0.2) is 78.9 Å². The predicted octanol–water partition coefficient (Wildman–Crippen LogP) is 4.20. The van der Waals surface area contributed by atoms with Crippen molar-refractivity contribution in [2.45, 2.75) is 0 Å². The van der Waals surface area contributed by atoms with E-state index in [1.165, 1.54) is 16.7 Å². The smallest absolute Gasteiger partial charge is 0.177 e. The molecule has 0 spiro atoms. The molecule has 0 unspecified atom stereocenters. The molecule has 0 radical (unpaired) electrons. The van der Waals surface area contributed by atoms with Gasteiger partial charge in [-0.25, -0.2) is 0 Å². The Morgan fingerprint density at radius 3 is 1.48 bits per heavy atom. The minimum absolute atomic E-state index is 0.607. The largest absolute Gasteiger partial charge is 0.204 e. The van der Waals surface area contributed by atoms with E-state index in [0.29, 0.717) is 5.82 Å². The first kappa shape index (κ1) is 13.4. The minimum Gasteiger partial charge on any atom is -0.177 e. The molecule has 3 aromatic carbocycles. The summed E-state index contributed by atoms with van der Waals surface area (Å²) in [6, 6.07) is 27.1. The third kappa shape index (κ3) is 2.74. The van der Waals surface area contributed by atoms with Crippen molar-refractivity contribution in [2.24, 2.45) is 0 Å². The molecule has 1 heterocycles. The van der Waals surface area contributed by atoms with Gasteiger partial charge in [0.25, 0.3) is 0 Å². The number of aromatic nitrogens is 4. The average Bonchev–Trinajstić information content (AvgIpc) is 3.18. The number of tetrazole rings is 1. The fourth-order valence-electron chi connectivity index (χ4n) is 2.58. The van der Waals surface area contributed by atoms with Crippen molar-refractivity contribution in [1.29, 1.82) is 0 Å². The third-order valence-electron chi connectivity index (χ3n) is 3.81. The van der Waals surface area contributed by atoms with Gasteiger partial charge >= 0.3 is 0 Å². The quantitative estimate of drug-likeness (QED) is 0.616. The van der Waals surface area contributed by atoms with Gasteiger partial charge in [-0.3, -0.25) is 0 Å². The van der Waals surface area contributed by atoms with E-state index in [0.717, 1.165) is 11.1 Å². The molecule has 0 saturated carbocycles. The molecule has 0 atom stereocenters. The number of hydrogen-bond donors (Lipinski definition) is 1. The van der Waals surface area contributed by atoms with E-state index in [-0.39, 0.29) is 0 Å². The lowest BCUT2D eigenvalue weighted by molar-refractivity contribution is 0.881. The molecule has 0 aliphatic carbocycles. The van der Waals surface area contributed by atoms with Crippen LogP contribution in [0, 0.1) is 0 Å². The van der Waals surface area contributed by atoms with E-state index in [1.807, 2.05) is 18.2 Å². The van der Waals surface area contributed by atoms with Gasteiger partial charge in [-0.2, -0.15) is 5.21 Å². The van der Waals surface area contributed by atoms with Crippen molar-refractivity contribution in [3.8, 4) is 33.6 Å². The van der Waals surface area contributed by atoms with Crippen LogP contribution in [0.2, 0.25) is 0 Å².